The lowest BCUT2D eigenvalue weighted by Crippen LogP contribution is -2.29. The molecule has 4 aromatic carbocycles. The van der Waals surface area contributed by atoms with Gasteiger partial charge in [0.25, 0.3) is 5.91 Å². The van der Waals surface area contributed by atoms with Crippen LogP contribution in [0.2, 0.25) is 0 Å². The highest BCUT2D eigenvalue weighted by Crippen LogP contribution is 2.24. The van der Waals surface area contributed by atoms with E-state index in [1.54, 1.807) is 7.11 Å². The minimum absolute atomic E-state index is 0.0648. The zero-order chi connectivity index (χ0) is 24.0. The van der Waals surface area contributed by atoms with E-state index in [2.05, 4.69) is 46.6 Å². The average Bonchev–Trinajstić information content (AvgIpc) is 2.92. The van der Waals surface area contributed by atoms with Crippen LogP contribution in [0.4, 0.5) is 0 Å². The molecule has 178 valence electrons. The van der Waals surface area contributed by atoms with E-state index in [-0.39, 0.29) is 5.91 Å². The van der Waals surface area contributed by atoms with Crippen molar-refractivity contribution < 1.29 is 9.53 Å². The number of piperidine rings is 1. The van der Waals surface area contributed by atoms with Crippen molar-refractivity contribution in [3.05, 3.63) is 102 Å². The topological polar surface area (TPSA) is 41.6 Å². The standard InChI is InChI=1S/C31H32N2O2/c1-35-29-15-13-25(14-16-29)24-9-11-26(12-10-24)31(34)32-21-28-7-5-6-27-20-23(8-17-30(27)28)22-33-18-3-2-4-19-33/h5-17,20H,2-4,18-19,21-22H2,1H3,(H,32,34). The average molecular weight is 465 g/mol. The van der Waals surface area contributed by atoms with Crippen molar-refractivity contribution in [1.82, 2.24) is 10.2 Å². The number of hydrogen-bond donors (Lipinski definition) is 1. The third-order valence-corrected chi connectivity index (χ3v) is 6.90. The van der Waals surface area contributed by atoms with Crippen molar-refractivity contribution in [2.45, 2.75) is 32.4 Å². The zero-order valence-corrected chi connectivity index (χ0v) is 20.3. The molecule has 0 unspecified atom stereocenters. The number of hydrogen-bond acceptors (Lipinski definition) is 3. The highest BCUT2D eigenvalue weighted by atomic mass is 16.5. The monoisotopic (exact) mass is 464 g/mol. The lowest BCUT2D eigenvalue weighted by molar-refractivity contribution is 0.0951. The van der Waals surface area contributed by atoms with E-state index in [4.69, 9.17) is 4.74 Å². The molecule has 1 heterocycles. The van der Waals surface area contributed by atoms with E-state index in [0.717, 1.165) is 29.0 Å². The van der Waals surface area contributed by atoms with Gasteiger partial charge in [-0.25, -0.2) is 0 Å². The summed E-state index contributed by atoms with van der Waals surface area (Å²) in [7, 11) is 1.66. The molecule has 1 N–H and O–H groups in total. The van der Waals surface area contributed by atoms with Gasteiger partial charge in [0.15, 0.2) is 0 Å². The molecule has 0 saturated carbocycles. The molecular weight excluding hydrogens is 432 g/mol. The van der Waals surface area contributed by atoms with Crippen LogP contribution in [-0.4, -0.2) is 31.0 Å². The lowest BCUT2D eigenvalue weighted by atomic mass is 10.0. The number of benzene rings is 4. The third-order valence-electron chi connectivity index (χ3n) is 6.90. The van der Waals surface area contributed by atoms with Crippen LogP contribution in [0.5, 0.6) is 5.75 Å². The Morgan fingerprint density at radius 2 is 1.57 bits per heavy atom. The Bertz CT molecular complexity index is 1290. The summed E-state index contributed by atoms with van der Waals surface area (Å²) in [6, 6.07) is 28.7. The van der Waals surface area contributed by atoms with Gasteiger partial charge >= 0.3 is 0 Å². The maximum atomic E-state index is 12.8. The molecule has 0 radical (unpaired) electrons. The van der Waals surface area contributed by atoms with E-state index < -0.39 is 0 Å². The number of carbonyl (C=O) groups is 1. The molecule has 4 nitrogen and oxygen atoms in total. The first-order valence-corrected chi connectivity index (χ1v) is 12.5. The number of fused-ring (bicyclic) bond motifs is 1. The van der Waals surface area contributed by atoms with E-state index in [1.807, 2.05) is 48.5 Å². The smallest absolute Gasteiger partial charge is 0.251 e. The molecule has 0 aromatic heterocycles. The number of ether oxygens (including phenoxy) is 1. The Balaban J connectivity index is 1.24. The number of rotatable bonds is 7. The van der Waals surface area contributed by atoms with Crippen LogP contribution in [0, 0.1) is 0 Å². The fraction of sp³-hybridized carbons (Fsp3) is 0.258. The highest BCUT2D eigenvalue weighted by Gasteiger charge is 2.12. The van der Waals surface area contributed by atoms with Gasteiger partial charge in [-0.05, 0) is 89.3 Å². The molecule has 0 aliphatic carbocycles. The maximum absolute atomic E-state index is 12.8. The van der Waals surface area contributed by atoms with Gasteiger partial charge in [-0.3, -0.25) is 9.69 Å². The van der Waals surface area contributed by atoms with Gasteiger partial charge in [-0.2, -0.15) is 0 Å². The second-order valence-electron chi connectivity index (χ2n) is 9.30. The minimum Gasteiger partial charge on any atom is -0.497 e. The molecule has 0 atom stereocenters. The number of carbonyl (C=O) groups excluding carboxylic acids is 1. The molecule has 4 aromatic rings. The van der Waals surface area contributed by atoms with Gasteiger partial charge in [0.2, 0.25) is 0 Å². The number of nitrogens with zero attached hydrogens (tertiary/aromatic N) is 1. The minimum atomic E-state index is -0.0648. The summed E-state index contributed by atoms with van der Waals surface area (Å²) >= 11 is 0. The first-order chi connectivity index (χ1) is 17.2. The van der Waals surface area contributed by atoms with E-state index in [0.29, 0.717) is 12.1 Å². The molecule has 1 saturated heterocycles. The second-order valence-corrected chi connectivity index (χ2v) is 9.30. The molecule has 1 fully saturated rings. The molecule has 5 rings (SSSR count). The summed E-state index contributed by atoms with van der Waals surface area (Å²) in [5.41, 5.74) is 5.31. The molecule has 1 aliphatic heterocycles. The largest absolute Gasteiger partial charge is 0.497 e. The van der Waals surface area contributed by atoms with Crippen LogP contribution in [0.25, 0.3) is 21.9 Å². The first kappa shape index (κ1) is 23.1. The fourth-order valence-corrected chi connectivity index (χ4v) is 4.90. The van der Waals surface area contributed by atoms with Crippen molar-refractivity contribution in [3.8, 4) is 16.9 Å². The summed E-state index contributed by atoms with van der Waals surface area (Å²) in [4.78, 5) is 15.4. The number of methoxy groups -OCH3 is 1. The highest BCUT2D eigenvalue weighted by molar-refractivity contribution is 5.95. The van der Waals surface area contributed by atoms with Crippen LogP contribution in [0.15, 0.2) is 84.9 Å². The third kappa shape index (κ3) is 5.55. The lowest BCUT2D eigenvalue weighted by Gasteiger charge is -2.26. The van der Waals surface area contributed by atoms with Crippen molar-refractivity contribution in [3.63, 3.8) is 0 Å². The fourth-order valence-electron chi connectivity index (χ4n) is 4.90. The van der Waals surface area contributed by atoms with E-state index >= 15 is 0 Å². The number of nitrogens with one attached hydrogen (secondary N) is 1. The Labute approximate surface area is 207 Å². The molecule has 0 spiro atoms. The second kappa shape index (κ2) is 10.7. The quantitative estimate of drug-likeness (QED) is 0.343. The van der Waals surface area contributed by atoms with Gasteiger partial charge in [-0.1, -0.05) is 61.0 Å². The maximum Gasteiger partial charge on any atom is 0.251 e. The summed E-state index contributed by atoms with van der Waals surface area (Å²) in [5, 5.41) is 5.53. The predicted molar refractivity (Wildman–Crippen MR) is 143 cm³/mol. The SMILES string of the molecule is COc1ccc(-c2ccc(C(=O)NCc3cccc4cc(CN5CCCCC5)ccc34)cc2)cc1. The Kier molecular flexibility index (Phi) is 7.10. The number of likely N-dealkylation sites (tertiary alicyclic amines) is 1. The van der Waals surface area contributed by atoms with Crippen molar-refractivity contribution >= 4 is 16.7 Å². The van der Waals surface area contributed by atoms with Crippen LogP contribution >= 0.6 is 0 Å². The number of amides is 1. The van der Waals surface area contributed by atoms with Gasteiger partial charge in [0.05, 0.1) is 7.11 Å². The first-order valence-electron chi connectivity index (χ1n) is 12.5. The molecule has 4 heteroatoms. The van der Waals surface area contributed by atoms with Crippen LogP contribution < -0.4 is 10.1 Å². The Morgan fingerprint density at radius 1 is 0.857 bits per heavy atom. The molecule has 1 amide bonds. The van der Waals surface area contributed by atoms with Crippen LogP contribution in [0.1, 0.15) is 40.7 Å². The summed E-state index contributed by atoms with van der Waals surface area (Å²) < 4.78 is 5.23. The normalized spacial score (nSPS) is 14.1. The summed E-state index contributed by atoms with van der Waals surface area (Å²) in [6.07, 6.45) is 3.97. The predicted octanol–water partition coefficient (Wildman–Crippen LogP) is 6.43. The van der Waals surface area contributed by atoms with Crippen molar-refractivity contribution in [2.24, 2.45) is 0 Å². The van der Waals surface area contributed by atoms with Gasteiger partial charge in [0.1, 0.15) is 5.75 Å². The van der Waals surface area contributed by atoms with E-state index in [1.165, 1.54) is 48.7 Å². The van der Waals surface area contributed by atoms with Gasteiger partial charge < -0.3 is 10.1 Å². The summed E-state index contributed by atoms with van der Waals surface area (Å²) in [5.74, 6) is 0.765. The van der Waals surface area contributed by atoms with Gasteiger partial charge in [-0.15, -0.1) is 0 Å². The van der Waals surface area contributed by atoms with Crippen molar-refractivity contribution in [1.29, 1.82) is 0 Å². The van der Waals surface area contributed by atoms with Crippen LogP contribution in [0.3, 0.4) is 0 Å². The Morgan fingerprint density at radius 3 is 2.29 bits per heavy atom. The molecular formula is C31H32N2O2. The molecule has 35 heavy (non-hydrogen) atoms. The molecule has 0 bridgehead atoms. The van der Waals surface area contributed by atoms with Gasteiger partial charge in [0, 0.05) is 18.7 Å². The van der Waals surface area contributed by atoms with Crippen LogP contribution in [-0.2, 0) is 13.1 Å². The zero-order valence-electron chi connectivity index (χ0n) is 20.3. The molecule has 1 aliphatic rings. The Hall–Kier alpha value is -3.63. The summed E-state index contributed by atoms with van der Waals surface area (Å²) in [6.45, 7) is 3.92. The van der Waals surface area contributed by atoms with E-state index in [9.17, 15) is 4.79 Å². The van der Waals surface area contributed by atoms with Crippen molar-refractivity contribution in [2.75, 3.05) is 20.2 Å².